The molecule has 1 aliphatic rings. The Labute approximate surface area is 200 Å². The van der Waals surface area contributed by atoms with Crippen molar-refractivity contribution in [1.82, 2.24) is 39.4 Å². The molecule has 1 atom stereocenters. The summed E-state index contributed by atoms with van der Waals surface area (Å²) < 4.78 is 3.40. The Morgan fingerprint density at radius 2 is 2.03 bits per heavy atom. The molecule has 0 radical (unpaired) electrons. The highest BCUT2D eigenvalue weighted by atomic mass is 16.2. The average Bonchev–Trinajstić information content (AvgIpc) is 3.53. The summed E-state index contributed by atoms with van der Waals surface area (Å²) in [7, 11) is 0. The number of benzene rings is 1. The quantitative estimate of drug-likeness (QED) is 0.402. The number of hydrogen-bond acceptors (Lipinski definition) is 8. The molecule has 4 heterocycles. The lowest BCUT2D eigenvalue weighted by Gasteiger charge is -2.32. The van der Waals surface area contributed by atoms with Gasteiger partial charge < -0.3 is 16.0 Å². The highest BCUT2D eigenvalue weighted by Gasteiger charge is 2.29. The standard InChI is InChI=1S/C23H24N10O2/c1-2-18(34)31-9-3-4-17(11-31)33-22-19(21(24)26-13-27-22)20(30-33)23(35)29-16-7-5-15(6-8-16)10-32-14-25-12-28-32/h2,5-8,12-14,17H,1,3-4,9-11H2,(H,29,35)(H2,24,26,27). The molecule has 12 nitrogen and oxygen atoms in total. The molecule has 35 heavy (non-hydrogen) atoms. The van der Waals surface area contributed by atoms with Crippen LogP contribution in [0.25, 0.3) is 11.0 Å². The molecule has 12 heteroatoms. The minimum atomic E-state index is -0.422. The highest BCUT2D eigenvalue weighted by Crippen LogP contribution is 2.29. The zero-order valence-corrected chi connectivity index (χ0v) is 18.9. The summed E-state index contributed by atoms with van der Waals surface area (Å²) in [6.07, 6.45) is 7.36. The van der Waals surface area contributed by atoms with Crippen LogP contribution in [0.2, 0.25) is 0 Å². The first-order valence-corrected chi connectivity index (χ1v) is 11.2. The molecule has 3 aromatic heterocycles. The first kappa shape index (κ1) is 22.2. The number of fused-ring (bicyclic) bond motifs is 1. The number of nitrogens with one attached hydrogen (secondary N) is 1. The molecule has 4 aromatic rings. The third-order valence-corrected chi connectivity index (χ3v) is 5.98. The van der Waals surface area contributed by atoms with Crippen LogP contribution in [0.1, 0.15) is 34.9 Å². The van der Waals surface area contributed by atoms with E-state index in [1.54, 1.807) is 20.6 Å². The summed E-state index contributed by atoms with van der Waals surface area (Å²) in [4.78, 5) is 39.5. The fourth-order valence-electron chi connectivity index (χ4n) is 4.28. The fourth-order valence-corrected chi connectivity index (χ4v) is 4.28. The van der Waals surface area contributed by atoms with E-state index in [1.807, 2.05) is 24.3 Å². The highest BCUT2D eigenvalue weighted by molar-refractivity contribution is 6.13. The second kappa shape index (κ2) is 9.33. The van der Waals surface area contributed by atoms with Gasteiger partial charge in [-0.2, -0.15) is 10.2 Å². The first-order chi connectivity index (χ1) is 17.0. The lowest BCUT2D eigenvalue weighted by molar-refractivity contribution is -0.127. The molecule has 5 rings (SSSR count). The molecule has 1 aromatic carbocycles. The minimum Gasteiger partial charge on any atom is -0.383 e. The van der Waals surface area contributed by atoms with E-state index in [-0.39, 0.29) is 23.5 Å². The van der Waals surface area contributed by atoms with Gasteiger partial charge >= 0.3 is 0 Å². The van der Waals surface area contributed by atoms with Crippen LogP contribution in [-0.2, 0) is 11.3 Å². The van der Waals surface area contributed by atoms with E-state index in [2.05, 4.69) is 37.0 Å². The van der Waals surface area contributed by atoms with Gasteiger partial charge in [0, 0.05) is 18.8 Å². The molecule has 178 valence electrons. The summed E-state index contributed by atoms with van der Waals surface area (Å²) in [6, 6.07) is 7.27. The third kappa shape index (κ3) is 4.45. The van der Waals surface area contributed by atoms with Gasteiger partial charge in [0.1, 0.15) is 24.8 Å². The van der Waals surface area contributed by atoms with Gasteiger partial charge in [0.2, 0.25) is 5.91 Å². The Morgan fingerprint density at radius 1 is 1.20 bits per heavy atom. The van der Waals surface area contributed by atoms with Crippen LogP contribution < -0.4 is 11.1 Å². The number of carbonyl (C=O) groups excluding carboxylic acids is 2. The van der Waals surface area contributed by atoms with E-state index < -0.39 is 5.91 Å². The molecule has 1 saturated heterocycles. The number of anilines is 2. The van der Waals surface area contributed by atoms with Crippen molar-refractivity contribution >= 4 is 34.4 Å². The second-order valence-corrected chi connectivity index (χ2v) is 8.28. The molecule has 0 saturated carbocycles. The summed E-state index contributed by atoms with van der Waals surface area (Å²) in [5, 5.41) is 12.0. The lowest BCUT2D eigenvalue weighted by Crippen LogP contribution is -2.40. The van der Waals surface area contributed by atoms with Gasteiger partial charge in [0.15, 0.2) is 11.3 Å². The van der Waals surface area contributed by atoms with Gasteiger partial charge in [-0.25, -0.2) is 24.3 Å². The van der Waals surface area contributed by atoms with Gasteiger partial charge in [-0.1, -0.05) is 18.7 Å². The maximum Gasteiger partial charge on any atom is 0.277 e. The monoisotopic (exact) mass is 472 g/mol. The SMILES string of the molecule is C=CC(=O)N1CCCC(n2nc(C(=O)Nc3ccc(Cn4cncn4)cc3)c3c(N)ncnc32)C1. The van der Waals surface area contributed by atoms with Crippen LogP contribution in [0.15, 0.2) is 55.9 Å². The minimum absolute atomic E-state index is 0.134. The van der Waals surface area contributed by atoms with Gasteiger partial charge in [0.05, 0.1) is 18.0 Å². The molecular formula is C23H24N10O2. The van der Waals surface area contributed by atoms with Crippen molar-refractivity contribution in [3.8, 4) is 0 Å². The summed E-state index contributed by atoms with van der Waals surface area (Å²) >= 11 is 0. The van der Waals surface area contributed by atoms with Crippen LogP contribution in [0.4, 0.5) is 11.5 Å². The lowest BCUT2D eigenvalue weighted by atomic mass is 10.1. The largest absolute Gasteiger partial charge is 0.383 e. The van der Waals surface area contributed by atoms with Gasteiger partial charge in [-0.05, 0) is 36.6 Å². The number of rotatable bonds is 6. The Morgan fingerprint density at radius 3 is 2.77 bits per heavy atom. The van der Waals surface area contributed by atoms with Crippen LogP contribution in [0, 0.1) is 0 Å². The number of nitrogens with two attached hydrogens (primary N) is 1. The van der Waals surface area contributed by atoms with Crippen LogP contribution in [0.3, 0.4) is 0 Å². The number of nitrogen functional groups attached to an aromatic ring is 1. The van der Waals surface area contributed by atoms with E-state index in [0.717, 1.165) is 18.4 Å². The molecule has 1 aliphatic heterocycles. The number of hydrogen-bond donors (Lipinski definition) is 2. The number of amides is 2. The van der Waals surface area contributed by atoms with E-state index in [9.17, 15) is 9.59 Å². The smallest absolute Gasteiger partial charge is 0.277 e. The summed E-state index contributed by atoms with van der Waals surface area (Å²) in [5.41, 5.74) is 8.35. The number of aromatic nitrogens is 7. The third-order valence-electron chi connectivity index (χ3n) is 5.98. The van der Waals surface area contributed by atoms with Crippen molar-refractivity contribution in [2.24, 2.45) is 0 Å². The van der Waals surface area contributed by atoms with Crippen molar-refractivity contribution < 1.29 is 9.59 Å². The van der Waals surface area contributed by atoms with Crippen molar-refractivity contribution in [1.29, 1.82) is 0 Å². The molecule has 2 amide bonds. The second-order valence-electron chi connectivity index (χ2n) is 8.28. The first-order valence-electron chi connectivity index (χ1n) is 11.2. The van der Waals surface area contributed by atoms with Crippen molar-refractivity contribution in [3.05, 3.63) is 67.2 Å². The van der Waals surface area contributed by atoms with Crippen molar-refractivity contribution in [2.45, 2.75) is 25.4 Å². The van der Waals surface area contributed by atoms with Gasteiger partial charge in [-0.3, -0.25) is 9.59 Å². The Hall–Kier alpha value is -4.61. The van der Waals surface area contributed by atoms with E-state index in [1.165, 1.54) is 18.7 Å². The average molecular weight is 473 g/mol. The van der Waals surface area contributed by atoms with Crippen LogP contribution in [-0.4, -0.2) is 64.3 Å². The van der Waals surface area contributed by atoms with Crippen LogP contribution in [0.5, 0.6) is 0 Å². The van der Waals surface area contributed by atoms with Crippen molar-refractivity contribution in [2.75, 3.05) is 24.1 Å². The summed E-state index contributed by atoms with van der Waals surface area (Å²) in [6.45, 7) is 5.24. The summed E-state index contributed by atoms with van der Waals surface area (Å²) in [5.74, 6) is -0.385. The Balaban J connectivity index is 1.40. The zero-order chi connectivity index (χ0) is 24.4. The molecule has 0 spiro atoms. The number of carbonyl (C=O) groups is 2. The fraction of sp³-hybridized carbons (Fsp3) is 0.261. The van der Waals surface area contributed by atoms with Gasteiger partial charge in [-0.15, -0.1) is 0 Å². The van der Waals surface area contributed by atoms with E-state index in [0.29, 0.717) is 36.4 Å². The molecule has 1 unspecified atom stereocenters. The number of piperidine rings is 1. The Bertz CT molecular complexity index is 1380. The van der Waals surface area contributed by atoms with E-state index in [4.69, 9.17) is 5.73 Å². The molecule has 0 aliphatic carbocycles. The predicted octanol–water partition coefficient (Wildman–Crippen LogP) is 1.65. The maximum atomic E-state index is 13.2. The Kier molecular flexibility index (Phi) is 5.92. The van der Waals surface area contributed by atoms with Crippen LogP contribution >= 0.6 is 0 Å². The molecular weight excluding hydrogens is 448 g/mol. The van der Waals surface area contributed by atoms with E-state index >= 15 is 0 Å². The normalized spacial score (nSPS) is 15.8. The van der Waals surface area contributed by atoms with Gasteiger partial charge in [0.25, 0.3) is 5.91 Å². The zero-order valence-electron chi connectivity index (χ0n) is 18.9. The van der Waals surface area contributed by atoms with Crippen molar-refractivity contribution in [3.63, 3.8) is 0 Å². The number of likely N-dealkylation sites (tertiary alicyclic amines) is 1. The molecule has 1 fully saturated rings. The molecule has 0 bridgehead atoms. The predicted molar refractivity (Wildman–Crippen MR) is 128 cm³/mol. The topological polar surface area (TPSA) is 150 Å². The number of nitrogens with zero attached hydrogens (tertiary/aromatic N) is 8. The maximum absolute atomic E-state index is 13.2. The molecule has 3 N–H and O–H groups in total.